The second-order valence-electron chi connectivity index (χ2n) is 6.54. The van der Waals surface area contributed by atoms with Crippen molar-refractivity contribution in [2.75, 3.05) is 47.0 Å². The van der Waals surface area contributed by atoms with Gasteiger partial charge in [0, 0.05) is 31.3 Å². The Morgan fingerprint density at radius 3 is 2.35 bits per heavy atom. The Labute approximate surface area is 181 Å². The van der Waals surface area contributed by atoms with E-state index in [1.807, 2.05) is 18.2 Å². The summed E-state index contributed by atoms with van der Waals surface area (Å²) < 4.78 is 26.7. The maximum Gasteiger partial charge on any atom is 0.327 e. The predicted molar refractivity (Wildman–Crippen MR) is 116 cm³/mol. The number of carbonyl (C=O) groups excluding carboxylic acids is 1. The summed E-state index contributed by atoms with van der Waals surface area (Å²) in [5, 5.41) is 6.05. The van der Waals surface area contributed by atoms with Crippen LogP contribution in [-0.2, 0) is 4.74 Å². The van der Waals surface area contributed by atoms with Crippen LogP contribution >= 0.6 is 0 Å². The standard InChI is InChI=1S/C22H27N3O6/c1-27-11-12-31-18-7-5-15(13-19(18)29-3)21-23-9-10-25(21)22(26)24-16-6-8-17(28-2)20(14-16)30-4/h5-10,13-14,21,23H,11-12H2,1-4H3,(H,24,26). The Morgan fingerprint density at radius 2 is 1.65 bits per heavy atom. The molecule has 2 N–H and O–H groups in total. The van der Waals surface area contributed by atoms with Crippen molar-refractivity contribution in [3.05, 3.63) is 54.4 Å². The van der Waals surface area contributed by atoms with E-state index in [1.54, 1.807) is 63.9 Å². The van der Waals surface area contributed by atoms with Crippen LogP contribution in [0.25, 0.3) is 0 Å². The van der Waals surface area contributed by atoms with Crippen molar-refractivity contribution < 1.29 is 28.5 Å². The highest BCUT2D eigenvalue weighted by molar-refractivity contribution is 5.91. The van der Waals surface area contributed by atoms with E-state index in [0.29, 0.717) is 41.9 Å². The first-order chi connectivity index (χ1) is 15.1. The largest absolute Gasteiger partial charge is 0.493 e. The number of hydrogen-bond acceptors (Lipinski definition) is 7. The van der Waals surface area contributed by atoms with Crippen LogP contribution in [0.3, 0.4) is 0 Å². The summed E-state index contributed by atoms with van der Waals surface area (Å²) >= 11 is 0. The van der Waals surface area contributed by atoms with Crippen LogP contribution in [0, 0.1) is 0 Å². The number of methoxy groups -OCH3 is 4. The lowest BCUT2D eigenvalue weighted by Gasteiger charge is -2.25. The third-order valence-corrected chi connectivity index (χ3v) is 4.69. The van der Waals surface area contributed by atoms with Gasteiger partial charge in [-0.15, -0.1) is 0 Å². The molecule has 1 aliphatic heterocycles. The first-order valence-electron chi connectivity index (χ1n) is 9.65. The molecule has 1 unspecified atom stereocenters. The summed E-state index contributed by atoms with van der Waals surface area (Å²) in [5.41, 5.74) is 1.42. The van der Waals surface area contributed by atoms with Crippen molar-refractivity contribution in [1.29, 1.82) is 0 Å². The highest BCUT2D eigenvalue weighted by atomic mass is 16.5. The van der Waals surface area contributed by atoms with Crippen molar-refractivity contribution in [1.82, 2.24) is 10.2 Å². The summed E-state index contributed by atoms with van der Waals surface area (Å²) in [5.74, 6) is 2.29. The molecule has 166 valence electrons. The summed E-state index contributed by atoms with van der Waals surface area (Å²) in [6.07, 6.45) is 2.99. The molecule has 2 aromatic rings. The molecule has 2 amide bonds. The van der Waals surface area contributed by atoms with Crippen LogP contribution in [0.2, 0.25) is 0 Å². The summed E-state index contributed by atoms with van der Waals surface area (Å²) in [7, 11) is 6.29. The van der Waals surface area contributed by atoms with Crippen molar-refractivity contribution in [2.45, 2.75) is 6.17 Å². The SMILES string of the molecule is COCCOc1ccc(C2NC=CN2C(=O)Nc2ccc(OC)c(OC)c2)cc1OC. The Bertz CT molecular complexity index is 933. The Balaban J connectivity index is 1.74. The van der Waals surface area contributed by atoms with Crippen molar-refractivity contribution in [3.8, 4) is 23.0 Å². The smallest absolute Gasteiger partial charge is 0.327 e. The second-order valence-corrected chi connectivity index (χ2v) is 6.54. The van der Waals surface area contributed by atoms with Crippen LogP contribution < -0.4 is 29.6 Å². The maximum atomic E-state index is 12.9. The summed E-state index contributed by atoms with van der Waals surface area (Å²) in [6, 6.07) is 10.4. The average Bonchev–Trinajstić information content (AvgIpc) is 3.29. The predicted octanol–water partition coefficient (Wildman–Crippen LogP) is 3.34. The lowest BCUT2D eigenvalue weighted by molar-refractivity contribution is 0.144. The van der Waals surface area contributed by atoms with Crippen LogP contribution in [0.5, 0.6) is 23.0 Å². The van der Waals surface area contributed by atoms with E-state index in [-0.39, 0.29) is 6.03 Å². The monoisotopic (exact) mass is 429 g/mol. The Morgan fingerprint density at radius 1 is 0.935 bits per heavy atom. The molecule has 3 rings (SSSR count). The number of ether oxygens (including phenoxy) is 5. The Hall–Kier alpha value is -3.59. The molecule has 0 saturated carbocycles. The fraction of sp³-hybridized carbons (Fsp3) is 0.318. The van der Waals surface area contributed by atoms with Gasteiger partial charge in [0.15, 0.2) is 23.0 Å². The van der Waals surface area contributed by atoms with Crippen LogP contribution in [-0.4, -0.2) is 52.6 Å². The van der Waals surface area contributed by atoms with Gasteiger partial charge in [0.05, 0.1) is 27.9 Å². The topological polar surface area (TPSA) is 90.5 Å². The Kier molecular flexibility index (Phi) is 7.45. The number of benzene rings is 2. The van der Waals surface area contributed by atoms with Crippen molar-refractivity contribution in [2.24, 2.45) is 0 Å². The maximum absolute atomic E-state index is 12.9. The van der Waals surface area contributed by atoms with Gasteiger partial charge in [-0.3, -0.25) is 4.90 Å². The molecule has 0 saturated heterocycles. The third kappa shape index (κ3) is 5.13. The molecule has 0 aliphatic carbocycles. The minimum absolute atomic E-state index is 0.308. The summed E-state index contributed by atoms with van der Waals surface area (Å²) in [4.78, 5) is 14.5. The third-order valence-electron chi connectivity index (χ3n) is 4.69. The second kappa shape index (κ2) is 10.4. The molecule has 1 atom stereocenters. The van der Waals surface area contributed by atoms with Gasteiger partial charge in [0.25, 0.3) is 0 Å². The molecular weight excluding hydrogens is 402 g/mol. The fourth-order valence-electron chi connectivity index (χ4n) is 3.13. The van der Waals surface area contributed by atoms with Crippen LogP contribution in [0.1, 0.15) is 11.7 Å². The van der Waals surface area contributed by atoms with Crippen molar-refractivity contribution in [3.63, 3.8) is 0 Å². The number of anilines is 1. The zero-order valence-corrected chi connectivity index (χ0v) is 18.0. The number of rotatable bonds is 9. The van der Waals surface area contributed by atoms with E-state index in [2.05, 4.69) is 10.6 Å². The first kappa shape index (κ1) is 22.1. The summed E-state index contributed by atoms with van der Waals surface area (Å²) in [6.45, 7) is 0.887. The van der Waals surface area contributed by atoms with Gasteiger partial charge in [-0.2, -0.15) is 0 Å². The molecule has 0 aromatic heterocycles. The molecule has 9 heteroatoms. The van der Waals surface area contributed by atoms with Gasteiger partial charge in [0.1, 0.15) is 12.8 Å². The van der Waals surface area contributed by atoms with Gasteiger partial charge >= 0.3 is 6.03 Å². The fourth-order valence-corrected chi connectivity index (χ4v) is 3.13. The van der Waals surface area contributed by atoms with E-state index in [4.69, 9.17) is 23.7 Å². The molecule has 1 heterocycles. The molecule has 31 heavy (non-hydrogen) atoms. The van der Waals surface area contributed by atoms with Gasteiger partial charge < -0.3 is 34.3 Å². The average molecular weight is 429 g/mol. The van der Waals surface area contributed by atoms with Gasteiger partial charge in [-0.05, 0) is 29.8 Å². The number of amides is 2. The lowest BCUT2D eigenvalue weighted by Crippen LogP contribution is -2.35. The molecule has 0 radical (unpaired) electrons. The van der Waals surface area contributed by atoms with Gasteiger partial charge in [-0.1, -0.05) is 6.07 Å². The van der Waals surface area contributed by atoms with Crippen LogP contribution in [0.4, 0.5) is 10.5 Å². The van der Waals surface area contributed by atoms with E-state index < -0.39 is 6.17 Å². The molecule has 9 nitrogen and oxygen atoms in total. The van der Waals surface area contributed by atoms with Crippen LogP contribution in [0.15, 0.2) is 48.8 Å². The highest BCUT2D eigenvalue weighted by Gasteiger charge is 2.27. The van der Waals surface area contributed by atoms with E-state index >= 15 is 0 Å². The molecule has 0 spiro atoms. The lowest BCUT2D eigenvalue weighted by atomic mass is 10.1. The number of nitrogens with zero attached hydrogens (tertiary/aromatic N) is 1. The van der Waals surface area contributed by atoms with Gasteiger partial charge in [-0.25, -0.2) is 4.79 Å². The molecule has 2 aromatic carbocycles. The van der Waals surface area contributed by atoms with E-state index in [9.17, 15) is 4.79 Å². The highest BCUT2D eigenvalue weighted by Crippen LogP contribution is 2.34. The first-order valence-corrected chi connectivity index (χ1v) is 9.65. The van der Waals surface area contributed by atoms with Gasteiger partial charge in [0.2, 0.25) is 0 Å². The minimum atomic E-state index is -0.401. The zero-order chi connectivity index (χ0) is 22.2. The molecule has 0 bridgehead atoms. The van der Waals surface area contributed by atoms with E-state index in [0.717, 1.165) is 5.56 Å². The number of urea groups is 1. The zero-order valence-electron chi connectivity index (χ0n) is 18.0. The normalized spacial score (nSPS) is 14.7. The molecule has 1 aliphatic rings. The molecule has 0 fully saturated rings. The van der Waals surface area contributed by atoms with E-state index in [1.165, 1.54) is 0 Å². The quantitative estimate of drug-likeness (QED) is 0.591. The number of hydrogen-bond donors (Lipinski definition) is 2. The number of carbonyl (C=O) groups is 1. The van der Waals surface area contributed by atoms with Crippen molar-refractivity contribution >= 4 is 11.7 Å². The number of nitrogens with one attached hydrogen (secondary N) is 2. The molecular formula is C22H27N3O6. The minimum Gasteiger partial charge on any atom is -0.493 e.